The molecule has 0 fully saturated rings. The van der Waals surface area contributed by atoms with Crippen LogP contribution >= 0.6 is 0 Å². The summed E-state index contributed by atoms with van der Waals surface area (Å²) in [4.78, 5) is 0. The first-order valence-electron chi connectivity index (χ1n) is 10.2. The van der Waals surface area contributed by atoms with Crippen LogP contribution in [0.2, 0.25) is 0 Å². The molecule has 4 aliphatic rings. The maximum absolute atomic E-state index is 6.89. The van der Waals surface area contributed by atoms with Gasteiger partial charge in [0.25, 0.3) is 11.8 Å². The van der Waals surface area contributed by atoms with Gasteiger partial charge in [0.05, 0.1) is 25.3 Å². The Kier molecular flexibility index (Phi) is 3.27. The first kappa shape index (κ1) is 16.7. The molecule has 2 aromatic carbocycles. The molecular weight excluding hydrogens is 366 g/mol. The summed E-state index contributed by atoms with van der Waals surface area (Å²) in [6, 6.07) is 16.2. The molecule has 0 radical (unpaired) electrons. The van der Waals surface area contributed by atoms with Crippen LogP contribution in [0, 0.1) is 0 Å². The quantitative estimate of drug-likeness (QED) is 0.727. The minimum Gasteiger partial charge on any atom is -0.614 e. The molecule has 2 bridgehead atoms. The highest BCUT2D eigenvalue weighted by Crippen LogP contribution is 2.34. The van der Waals surface area contributed by atoms with E-state index in [1.165, 1.54) is 0 Å². The van der Waals surface area contributed by atoms with E-state index in [0.29, 0.717) is 24.6 Å². The van der Waals surface area contributed by atoms with Crippen LogP contribution in [0.4, 0.5) is 0 Å². The number of nitrogens with zero attached hydrogens (tertiary/aromatic N) is 4. The van der Waals surface area contributed by atoms with Crippen LogP contribution in [0.1, 0.15) is 37.8 Å². The zero-order chi connectivity index (χ0) is 19.6. The second-order valence-electron chi connectivity index (χ2n) is 7.65. The highest BCUT2D eigenvalue weighted by molar-refractivity contribution is 6.91. The molecule has 4 aliphatic heterocycles. The normalized spacial score (nSPS) is 28.1. The maximum atomic E-state index is 6.89. The second kappa shape index (κ2) is 5.67. The predicted octanol–water partition coefficient (Wildman–Crippen LogP) is 1.09. The summed E-state index contributed by atoms with van der Waals surface area (Å²) in [6.45, 7) is -0.104. The molecule has 2 atom stereocenters. The molecule has 0 aliphatic carbocycles. The van der Waals surface area contributed by atoms with Gasteiger partial charge in [-0.05, 0) is 22.1 Å². The lowest BCUT2D eigenvalue weighted by molar-refractivity contribution is -0.502. The third-order valence-corrected chi connectivity index (χ3v) is 6.14. The summed E-state index contributed by atoms with van der Waals surface area (Å²) >= 11 is 0. The minimum atomic E-state index is -2.10. The number of hydrazone groups is 2. The van der Waals surface area contributed by atoms with Gasteiger partial charge in [0.1, 0.15) is 0 Å². The SMILES string of the molecule is CCC1=[N+]2N=Cc3ccccc3[B@@-]23OC(CC)=[N+]2N=Cc4ccccc4[B@-]2(O1)O3. The molecule has 0 N–H and O–H groups in total. The van der Waals surface area contributed by atoms with Crippen molar-refractivity contribution < 1.29 is 23.1 Å². The molecule has 2 aromatic rings. The highest BCUT2D eigenvalue weighted by atomic mass is 16.7. The van der Waals surface area contributed by atoms with Crippen LogP contribution in [-0.4, -0.2) is 46.8 Å². The van der Waals surface area contributed by atoms with Crippen molar-refractivity contribution in [1.82, 2.24) is 0 Å². The van der Waals surface area contributed by atoms with E-state index in [2.05, 4.69) is 36.2 Å². The van der Waals surface area contributed by atoms with Gasteiger partial charge in [0.2, 0.25) is 0 Å². The van der Waals surface area contributed by atoms with E-state index in [1.54, 1.807) is 9.19 Å². The molecule has 29 heavy (non-hydrogen) atoms. The molecule has 0 unspecified atom stereocenters. The Hall–Kier alpha value is -3.19. The highest BCUT2D eigenvalue weighted by Gasteiger charge is 2.69. The van der Waals surface area contributed by atoms with Crippen molar-refractivity contribution in [3.05, 3.63) is 59.7 Å². The summed E-state index contributed by atoms with van der Waals surface area (Å²) in [6.07, 6.45) is 4.98. The van der Waals surface area contributed by atoms with Gasteiger partial charge in [-0.15, -0.1) is 0 Å². The van der Waals surface area contributed by atoms with Gasteiger partial charge >= 0.3 is 13.4 Å². The molecule has 0 saturated carbocycles. The van der Waals surface area contributed by atoms with Gasteiger partial charge in [0.15, 0.2) is 0 Å². The van der Waals surface area contributed by atoms with E-state index in [1.807, 2.05) is 48.8 Å². The monoisotopic (exact) mass is 386 g/mol. The third-order valence-electron chi connectivity index (χ3n) is 6.14. The Balaban J connectivity index is 1.72. The fourth-order valence-corrected chi connectivity index (χ4v) is 4.88. The maximum Gasteiger partial charge on any atom is 0.626 e. The number of fused-ring (bicyclic) bond motifs is 2. The molecule has 144 valence electrons. The summed E-state index contributed by atoms with van der Waals surface area (Å²) in [5, 5.41) is 9.36. The van der Waals surface area contributed by atoms with Crippen LogP contribution < -0.4 is 10.9 Å². The minimum absolute atomic E-state index is 0.653. The summed E-state index contributed by atoms with van der Waals surface area (Å²) in [7, 11) is 0. The average Bonchev–Trinajstić information content (AvgIpc) is 2.77. The van der Waals surface area contributed by atoms with Crippen molar-refractivity contribution in [2.45, 2.75) is 26.7 Å². The van der Waals surface area contributed by atoms with Crippen molar-refractivity contribution in [3.8, 4) is 0 Å². The zero-order valence-electron chi connectivity index (χ0n) is 16.4. The molecular formula is C20H20B2N4O3. The Bertz CT molecular complexity index is 1100. The Morgan fingerprint density at radius 1 is 0.724 bits per heavy atom. The molecule has 0 amide bonds. The standard InChI is InChI=1S/C20H20B2N4O3/c1-3-19-25-21(17-11-7-5-9-15(17)13-23-25)28-20(4-2)26-22(27-19,29-21)18-12-8-6-10-16(18)14-24-26/h5-14H,3-4H2,1-2H3/t21-,22-/m0/s1. The number of benzene rings is 2. The topological polar surface area (TPSA) is 58.4 Å². The number of rotatable bonds is 2. The summed E-state index contributed by atoms with van der Waals surface area (Å²) < 4.78 is 23.7. The van der Waals surface area contributed by atoms with Gasteiger partial charge in [-0.1, -0.05) is 72.6 Å². The Morgan fingerprint density at radius 2 is 1.17 bits per heavy atom. The molecule has 6 rings (SSSR count). The van der Waals surface area contributed by atoms with E-state index in [0.717, 1.165) is 22.1 Å². The van der Waals surface area contributed by atoms with Crippen molar-refractivity contribution in [2.75, 3.05) is 0 Å². The largest absolute Gasteiger partial charge is 0.626 e. The van der Waals surface area contributed by atoms with E-state index in [4.69, 9.17) is 13.9 Å². The van der Waals surface area contributed by atoms with Gasteiger partial charge < -0.3 is 13.9 Å². The first-order chi connectivity index (χ1) is 14.2. The Morgan fingerprint density at radius 3 is 1.62 bits per heavy atom. The van der Waals surface area contributed by atoms with Crippen molar-refractivity contribution in [3.63, 3.8) is 0 Å². The van der Waals surface area contributed by atoms with Crippen LogP contribution in [0.15, 0.2) is 58.7 Å². The first-order valence-corrected chi connectivity index (χ1v) is 10.2. The van der Waals surface area contributed by atoms with Gasteiger partial charge in [-0.3, -0.25) is 0 Å². The number of hydrogen-bond acceptors (Lipinski definition) is 5. The second-order valence-corrected chi connectivity index (χ2v) is 7.65. The Labute approximate surface area is 168 Å². The van der Waals surface area contributed by atoms with Crippen molar-refractivity contribution >= 4 is 48.5 Å². The third kappa shape index (κ3) is 1.98. The summed E-state index contributed by atoms with van der Waals surface area (Å²) in [5.74, 6) is 1.43. The van der Waals surface area contributed by atoms with Crippen LogP contribution in [-0.2, 0) is 13.9 Å². The molecule has 7 nitrogen and oxygen atoms in total. The predicted molar refractivity (Wildman–Crippen MR) is 113 cm³/mol. The van der Waals surface area contributed by atoms with Crippen molar-refractivity contribution in [2.24, 2.45) is 10.2 Å². The zero-order valence-corrected chi connectivity index (χ0v) is 16.4. The van der Waals surface area contributed by atoms with E-state index in [-0.39, 0.29) is 0 Å². The van der Waals surface area contributed by atoms with Gasteiger partial charge in [-0.2, -0.15) is 0 Å². The smallest absolute Gasteiger partial charge is 0.614 e. The van der Waals surface area contributed by atoms with Gasteiger partial charge in [0, 0.05) is 0 Å². The fourth-order valence-electron chi connectivity index (χ4n) is 4.88. The van der Waals surface area contributed by atoms with Crippen LogP contribution in [0.25, 0.3) is 0 Å². The van der Waals surface area contributed by atoms with Crippen LogP contribution in [0.5, 0.6) is 0 Å². The van der Waals surface area contributed by atoms with E-state index in [9.17, 15) is 0 Å². The lowest BCUT2D eigenvalue weighted by atomic mass is 9.50. The molecule has 0 aromatic heterocycles. The van der Waals surface area contributed by atoms with Crippen molar-refractivity contribution in [1.29, 1.82) is 0 Å². The average molecular weight is 386 g/mol. The van der Waals surface area contributed by atoms with Gasteiger partial charge in [-0.25, -0.2) is 9.19 Å². The lowest BCUT2D eigenvalue weighted by Gasteiger charge is -2.54. The summed E-state index contributed by atoms with van der Waals surface area (Å²) in [5.41, 5.74) is 3.92. The molecule has 2 spiro atoms. The molecule has 9 heteroatoms. The lowest BCUT2D eigenvalue weighted by Crippen LogP contribution is -2.83. The number of hydrogen-bond donors (Lipinski definition) is 0. The molecule has 4 heterocycles. The fraction of sp³-hybridized carbons (Fsp3) is 0.200. The van der Waals surface area contributed by atoms with E-state index < -0.39 is 13.4 Å². The molecule has 0 saturated heterocycles. The van der Waals surface area contributed by atoms with E-state index >= 15 is 0 Å². The van der Waals surface area contributed by atoms with Crippen LogP contribution in [0.3, 0.4) is 0 Å².